The van der Waals surface area contributed by atoms with Crippen molar-refractivity contribution in [3.05, 3.63) is 58.9 Å². The van der Waals surface area contributed by atoms with Gasteiger partial charge in [0.05, 0.1) is 13.2 Å². The van der Waals surface area contributed by atoms with E-state index in [2.05, 4.69) is 5.32 Å². The highest BCUT2D eigenvalue weighted by Crippen LogP contribution is 2.25. The van der Waals surface area contributed by atoms with Crippen LogP contribution in [-0.2, 0) is 0 Å². The van der Waals surface area contributed by atoms with E-state index in [-0.39, 0.29) is 18.4 Å². The zero-order valence-electron chi connectivity index (χ0n) is 11.1. The second-order valence-corrected chi connectivity index (χ2v) is 4.76. The molecule has 3 nitrogen and oxygen atoms in total. The molecule has 2 aromatic rings. The van der Waals surface area contributed by atoms with Gasteiger partial charge in [-0.3, -0.25) is 0 Å². The van der Waals surface area contributed by atoms with Gasteiger partial charge in [-0.15, -0.1) is 0 Å². The van der Waals surface area contributed by atoms with Gasteiger partial charge in [0.25, 0.3) is 0 Å². The van der Waals surface area contributed by atoms with Crippen LogP contribution in [0.4, 0.5) is 10.1 Å². The lowest BCUT2D eigenvalue weighted by molar-refractivity contribution is 0.415. The van der Waals surface area contributed by atoms with Crippen LogP contribution in [0.25, 0.3) is 0 Å². The number of nitrogens with two attached hydrogens (primary N) is 1. The molecule has 0 saturated carbocycles. The zero-order chi connectivity index (χ0) is 14.5. The molecule has 0 radical (unpaired) electrons. The van der Waals surface area contributed by atoms with E-state index in [4.69, 9.17) is 22.1 Å². The Balaban J connectivity index is 2.21. The minimum absolute atomic E-state index is 0.253. The SMILES string of the molecule is COc1ccc(NC(CN)c2cc(Cl)ccc2F)cc1. The van der Waals surface area contributed by atoms with E-state index in [1.54, 1.807) is 13.2 Å². The van der Waals surface area contributed by atoms with Gasteiger partial charge in [-0.05, 0) is 42.5 Å². The van der Waals surface area contributed by atoms with Gasteiger partial charge >= 0.3 is 0 Å². The molecule has 0 amide bonds. The van der Waals surface area contributed by atoms with Crippen LogP contribution in [0, 0.1) is 5.82 Å². The highest BCUT2D eigenvalue weighted by molar-refractivity contribution is 6.30. The van der Waals surface area contributed by atoms with Crippen molar-refractivity contribution in [2.24, 2.45) is 5.73 Å². The van der Waals surface area contributed by atoms with Crippen LogP contribution >= 0.6 is 11.6 Å². The fourth-order valence-corrected chi connectivity index (χ4v) is 2.11. The zero-order valence-corrected chi connectivity index (χ0v) is 11.8. The van der Waals surface area contributed by atoms with Crippen molar-refractivity contribution in [2.45, 2.75) is 6.04 Å². The molecule has 1 atom stereocenters. The summed E-state index contributed by atoms with van der Waals surface area (Å²) in [6.07, 6.45) is 0. The lowest BCUT2D eigenvalue weighted by atomic mass is 10.1. The summed E-state index contributed by atoms with van der Waals surface area (Å²) < 4.78 is 18.9. The summed E-state index contributed by atoms with van der Waals surface area (Å²) in [6, 6.07) is 11.5. The van der Waals surface area contributed by atoms with Crippen molar-refractivity contribution in [1.82, 2.24) is 0 Å². The summed E-state index contributed by atoms with van der Waals surface area (Å²) in [5.74, 6) is 0.430. The van der Waals surface area contributed by atoms with Crippen molar-refractivity contribution >= 4 is 17.3 Å². The molecular weight excluding hydrogens is 279 g/mol. The predicted molar refractivity (Wildman–Crippen MR) is 79.8 cm³/mol. The number of ether oxygens (including phenoxy) is 1. The fourth-order valence-electron chi connectivity index (χ4n) is 1.93. The first-order valence-electron chi connectivity index (χ1n) is 6.19. The monoisotopic (exact) mass is 294 g/mol. The third kappa shape index (κ3) is 3.40. The molecule has 106 valence electrons. The second kappa shape index (κ2) is 6.59. The molecule has 0 spiro atoms. The summed E-state index contributed by atoms with van der Waals surface area (Å²) >= 11 is 5.91. The molecule has 0 aromatic heterocycles. The Bertz CT molecular complexity index is 575. The number of anilines is 1. The Morgan fingerprint density at radius 2 is 1.95 bits per heavy atom. The minimum atomic E-state index is -0.345. The summed E-state index contributed by atoms with van der Waals surface area (Å²) in [5, 5.41) is 3.67. The van der Waals surface area contributed by atoms with E-state index in [1.807, 2.05) is 24.3 Å². The Hall–Kier alpha value is -1.78. The number of methoxy groups -OCH3 is 1. The summed E-state index contributed by atoms with van der Waals surface area (Å²) in [4.78, 5) is 0. The maximum Gasteiger partial charge on any atom is 0.128 e. The van der Waals surface area contributed by atoms with Crippen LogP contribution in [0.1, 0.15) is 11.6 Å². The molecule has 2 aromatic carbocycles. The third-order valence-electron chi connectivity index (χ3n) is 3.00. The molecule has 3 N–H and O–H groups in total. The van der Waals surface area contributed by atoms with E-state index in [0.717, 1.165) is 11.4 Å². The largest absolute Gasteiger partial charge is 0.497 e. The Labute approximate surface area is 122 Å². The van der Waals surface area contributed by atoms with Crippen LogP contribution in [0.2, 0.25) is 5.02 Å². The molecule has 0 aliphatic carbocycles. The van der Waals surface area contributed by atoms with Gasteiger partial charge in [0.1, 0.15) is 11.6 Å². The van der Waals surface area contributed by atoms with Crippen molar-refractivity contribution in [2.75, 3.05) is 19.0 Å². The van der Waals surface area contributed by atoms with Gasteiger partial charge in [-0.1, -0.05) is 11.6 Å². The van der Waals surface area contributed by atoms with Crippen molar-refractivity contribution < 1.29 is 9.13 Å². The normalized spacial score (nSPS) is 12.0. The molecule has 0 bridgehead atoms. The lowest BCUT2D eigenvalue weighted by Gasteiger charge is -2.19. The second-order valence-electron chi connectivity index (χ2n) is 4.33. The molecule has 0 aliphatic rings. The van der Waals surface area contributed by atoms with Crippen LogP contribution in [-0.4, -0.2) is 13.7 Å². The highest BCUT2D eigenvalue weighted by Gasteiger charge is 2.14. The standard InChI is InChI=1S/C15H16ClFN2O/c1-20-12-5-3-11(4-6-12)19-15(9-18)13-8-10(16)2-7-14(13)17/h2-8,15,19H,9,18H2,1H3. The number of hydrogen-bond acceptors (Lipinski definition) is 3. The van der Waals surface area contributed by atoms with Crippen molar-refractivity contribution in [1.29, 1.82) is 0 Å². The highest BCUT2D eigenvalue weighted by atomic mass is 35.5. The average Bonchev–Trinajstić information content (AvgIpc) is 2.48. The average molecular weight is 295 g/mol. The first-order chi connectivity index (χ1) is 9.63. The first kappa shape index (κ1) is 14.6. The molecular formula is C15H16ClFN2O. The number of hydrogen-bond donors (Lipinski definition) is 2. The molecule has 20 heavy (non-hydrogen) atoms. The molecule has 1 unspecified atom stereocenters. The first-order valence-corrected chi connectivity index (χ1v) is 6.57. The smallest absolute Gasteiger partial charge is 0.128 e. The van der Waals surface area contributed by atoms with E-state index in [0.29, 0.717) is 10.6 Å². The van der Waals surface area contributed by atoms with Crippen molar-refractivity contribution in [3.8, 4) is 5.75 Å². The number of benzene rings is 2. The van der Waals surface area contributed by atoms with Gasteiger partial charge in [0.15, 0.2) is 0 Å². The fraction of sp³-hybridized carbons (Fsp3) is 0.200. The molecule has 2 rings (SSSR count). The predicted octanol–water partition coefficient (Wildman–Crippen LogP) is 3.60. The molecule has 0 heterocycles. The molecule has 0 fully saturated rings. The topological polar surface area (TPSA) is 47.3 Å². The third-order valence-corrected chi connectivity index (χ3v) is 3.24. The Kier molecular flexibility index (Phi) is 4.82. The van der Waals surface area contributed by atoms with E-state index in [1.165, 1.54) is 12.1 Å². The van der Waals surface area contributed by atoms with Gasteiger partial charge in [0, 0.05) is 22.8 Å². The molecule has 0 aliphatic heterocycles. The van der Waals surface area contributed by atoms with Crippen LogP contribution in [0.5, 0.6) is 5.75 Å². The summed E-state index contributed by atoms with van der Waals surface area (Å²) in [6.45, 7) is 0.253. The van der Waals surface area contributed by atoms with Crippen LogP contribution in [0.15, 0.2) is 42.5 Å². The Morgan fingerprint density at radius 3 is 2.55 bits per heavy atom. The number of halogens is 2. The maximum absolute atomic E-state index is 13.9. The quantitative estimate of drug-likeness (QED) is 0.886. The number of rotatable bonds is 5. The van der Waals surface area contributed by atoms with E-state index in [9.17, 15) is 4.39 Å². The van der Waals surface area contributed by atoms with Crippen molar-refractivity contribution in [3.63, 3.8) is 0 Å². The van der Waals surface area contributed by atoms with Gasteiger partial charge in [0.2, 0.25) is 0 Å². The van der Waals surface area contributed by atoms with Gasteiger partial charge in [-0.25, -0.2) is 4.39 Å². The molecule has 5 heteroatoms. The Morgan fingerprint density at radius 1 is 1.25 bits per heavy atom. The van der Waals surface area contributed by atoms with Gasteiger partial charge in [-0.2, -0.15) is 0 Å². The summed E-state index contributed by atoms with van der Waals surface area (Å²) in [7, 11) is 1.60. The number of nitrogens with one attached hydrogen (secondary N) is 1. The van der Waals surface area contributed by atoms with Crippen LogP contribution in [0.3, 0.4) is 0 Å². The van der Waals surface area contributed by atoms with Gasteiger partial charge < -0.3 is 15.8 Å². The lowest BCUT2D eigenvalue weighted by Crippen LogP contribution is -2.21. The summed E-state index contributed by atoms with van der Waals surface area (Å²) in [5.41, 5.74) is 7.02. The minimum Gasteiger partial charge on any atom is -0.497 e. The maximum atomic E-state index is 13.9. The van der Waals surface area contributed by atoms with Crippen LogP contribution < -0.4 is 15.8 Å². The van der Waals surface area contributed by atoms with E-state index < -0.39 is 0 Å². The molecule has 0 saturated heterocycles. The van der Waals surface area contributed by atoms with E-state index >= 15 is 0 Å².